The average molecular weight is 342 g/mol. The Morgan fingerprint density at radius 2 is 1.88 bits per heavy atom. The summed E-state index contributed by atoms with van der Waals surface area (Å²) in [5.41, 5.74) is 0.813. The third kappa shape index (κ3) is 4.43. The van der Waals surface area contributed by atoms with Gasteiger partial charge < -0.3 is 10.1 Å². The van der Waals surface area contributed by atoms with Gasteiger partial charge in [-0.3, -0.25) is 9.78 Å². The van der Waals surface area contributed by atoms with Gasteiger partial charge >= 0.3 is 12.5 Å². The molecule has 0 aliphatic rings. The van der Waals surface area contributed by atoms with Crippen molar-refractivity contribution in [3.63, 3.8) is 0 Å². The lowest BCUT2D eigenvalue weighted by atomic mass is 10.1. The maximum atomic E-state index is 12.9. The fourth-order valence-electron chi connectivity index (χ4n) is 1.92. The van der Waals surface area contributed by atoms with Crippen LogP contribution in [0.2, 0.25) is 0 Å². The van der Waals surface area contributed by atoms with Gasteiger partial charge in [-0.1, -0.05) is 12.1 Å². The molecule has 0 saturated carbocycles. The Balaban J connectivity index is 2.09. The lowest BCUT2D eigenvalue weighted by molar-refractivity contribution is -0.253. The summed E-state index contributed by atoms with van der Waals surface area (Å²) in [5.74, 6) is -0.794. The van der Waals surface area contributed by atoms with Gasteiger partial charge in [0.15, 0.2) is 0 Å². The predicted molar refractivity (Wildman–Crippen MR) is 78.1 cm³/mol. The van der Waals surface area contributed by atoms with E-state index in [1.165, 1.54) is 36.7 Å². The van der Waals surface area contributed by atoms with Crippen LogP contribution in [0.3, 0.4) is 0 Å². The molecule has 1 heterocycles. The molecule has 4 nitrogen and oxygen atoms in total. The number of amides is 1. The van der Waals surface area contributed by atoms with Gasteiger partial charge in [-0.15, -0.1) is 0 Å². The minimum absolute atomic E-state index is 0.380. The quantitative estimate of drug-likeness (QED) is 0.812. The summed E-state index contributed by atoms with van der Waals surface area (Å²) >= 11 is 0. The Bertz CT molecular complexity index is 695. The number of carbonyl (C=O) groups is 1. The first-order chi connectivity index (χ1) is 11.3. The molecule has 1 aromatic heterocycles. The fraction of sp³-hybridized carbons (Fsp3) is 0.250. The van der Waals surface area contributed by atoms with Crippen LogP contribution in [0.15, 0.2) is 48.8 Å². The number of halogens is 4. The van der Waals surface area contributed by atoms with Crippen LogP contribution in [-0.4, -0.2) is 23.4 Å². The van der Waals surface area contributed by atoms with Crippen molar-refractivity contribution >= 4 is 5.91 Å². The molecule has 2 rings (SSSR count). The number of alkyl halides is 4. The van der Waals surface area contributed by atoms with E-state index in [2.05, 4.69) is 15.0 Å². The first-order valence-corrected chi connectivity index (χ1v) is 6.95. The summed E-state index contributed by atoms with van der Waals surface area (Å²) in [6.07, 6.45) is -5.60. The fourth-order valence-corrected chi connectivity index (χ4v) is 1.92. The summed E-state index contributed by atoms with van der Waals surface area (Å²) in [5, 5.41) is 2.67. The molecule has 1 amide bonds. The van der Waals surface area contributed by atoms with Gasteiger partial charge in [0.25, 0.3) is 5.91 Å². The second-order valence-corrected chi connectivity index (χ2v) is 4.97. The number of carbonyl (C=O) groups excluding carboxylic acids is 1. The highest BCUT2D eigenvalue weighted by molar-refractivity contribution is 5.94. The minimum atomic E-state index is -4.58. The van der Waals surface area contributed by atoms with Crippen LogP contribution in [0.25, 0.3) is 0 Å². The van der Waals surface area contributed by atoms with Crippen LogP contribution in [0.1, 0.15) is 28.9 Å². The van der Waals surface area contributed by atoms with E-state index in [0.29, 0.717) is 11.1 Å². The number of hydrogen-bond donors (Lipinski definition) is 1. The van der Waals surface area contributed by atoms with Crippen molar-refractivity contribution in [2.24, 2.45) is 0 Å². The number of hydrogen-bond acceptors (Lipinski definition) is 3. The van der Waals surface area contributed by atoms with E-state index in [4.69, 9.17) is 0 Å². The standard InChI is InChI=1S/C16H14F4N2O2/c1-10(22-14(23)11-5-7-21-8-6-11)12-3-2-4-13(9-12)24-16(19,20)15(17)18/h2-10,15H,1H3,(H,22,23). The predicted octanol–water partition coefficient (Wildman–Crippen LogP) is 3.81. The number of ether oxygens (including phenoxy) is 1. The number of nitrogens with zero attached hydrogens (tertiary/aromatic N) is 1. The van der Waals surface area contributed by atoms with Crippen LogP contribution in [-0.2, 0) is 0 Å². The van der Waals surface area contributed by atoms with Crippen LogP contribution in [0.4, 0.5) is 17.6 Å². The Hall–Kier alpha value is -2.64. The van der Waals surface area contributed by atoms with Crippen molar-refractivity contribution in [1.29, 1.82) is 0 Å². The Kier molecular flexibility index (Phi) is 5.38. The molecule has 0 radical (unpaired) electrons. The SMILES string of the molecule is CC(NC(=O)c1ccncc1)c1cccc(OC(F)(F)C(F)F)c1. The summed E-state index contributed by atoms with van der Waals surface area (Å²) in [4.78, 5) is 15.8. The number of benzene rings is 1. The van der Waals surface area contributed by atoms with E-state index >= 15 is 0 Å². The van der Waals surface area contributed by atoms with Crippen LogP contribution >= 0.6 is 0 Å². The maximum Gasteiger partial charge on any atom is 0.461 e. The van der Waals surface area contributed by atoms with E-state index in [0.717, 1.165) is 6.07 Å². The van der Waals surface area contributed by atoms with Crippen LogP contribution in [0, 0.1) is 0 Å². The van der Waals surface area contributed by atoms with E-state index in [9.17, 15) is 22.4 Å². The smallest absolute Gasteiger partial charge is 0.428 e. The second kappa shape index (κ2) is 7.29. The van der Waals surface area contributed by atoms with E-state index in [1.54, 1.807) is 13.0 Å². The molecule has 1 atom stereocenters. The first kappa shape index (κ1) is 17.7. The summed E-state index contributed by atoms with van der Waals surface area (Å²) < 4.78 is 54.3. The zero-order valence-corrected chi connectivity index (χ0v) is 12.5. The zero-order valence-electron chi connectivity index (χ0n) is 12.5. The topological polar surface area (TPSA) is 51.2 Å². The number of aromatic nitrogens is 1. The van der Waals surface area contributed by atoms with Crippen molar-refractivity contribution in [2.45, 2.75) is 25.5 Å². The highest BCUT2D eigenvalue weighted by Gasteiger charge is 2.44. The molecule has 8 heteroatoms. The number of pyridine rings is 1. The summed E-state index contributed by atoms with van der Waals surface area (Å²) in [6.45, 7) is 1.63. The largest absolute Gasteiger partial charge is 0.461 e. The van der Waals surface area contributed by atoms with Crippen molar-refractivity contribution in [3.8, 4) is 5.75 Å². The third-order valence-corrected chi connectivity index (χ3v) is 3.16. The third-order valence-electron chi connectivity index (χ3n) is 3.16. The van der Waals surface area contributed by atoms with Gasteiger partial charge in [0.2, 0.25) is 0 Å². The van der Waals surface area contributed by atoms with Gasteiger partial charge in [0.1, 0.15) is 5.75 Å². The molecule has 24 heavy (non-hydrogen) atoms. The zero-order chi connectivity index (χ0) is 17.7. The molecule has 1 unspecified atom stereocenters. The molecular formula is C16H14F4N2O2. The number of rotatable bonds is 6. The van der Waals surface area contributed by atoms with Gasteiger partial charge in [-0.25, -0.2) is 0 Å². The summed E-state index contributed by atoms with van der Waals surface area (Å²) in [7, 11) is 0. The lowest BCUT2D eigenvalue weighted by Gasteiger charge is -2.19. The van der Waals surface area contributed by atoms with Crippen LogP contribution < -0.4 is 10.1 Å². The average Bonchev–Trinajstić information content (AvgIpc) is 2.55. The molecule has 0 aliphatic heterocycles. The van der Waals surface area contributed by atoms with Crippen molar-refractivity contribution in [3.05, 3.63) is 59.9 Å². The Morgan fingerprint density at radius 3 is 2.50 bits per heavy atom. The van der Waals surface area contributed by atoms with Gasteiger partial charge in [0.05, 0.1) is 6.04 Å². The lowest BCUT2D eigenvalue weighted by Crippen LogP contribution is -2.33. The molecule has 0 bridgehead atoms. The van der Waals surface area contributed by atoms with Crippen molar-refractivity contribution < 1.29 is 27.1 Å². The molecule has 0 aliphatic carbocycles. The minimum Gasteiger partial charge on any atom is -0.428 e. The van der Waals surface area contributed by atoms with E-state index in [-0.39, 0.29) is 5.91 Å². The Morgan fingerprint density at radius 1 is 1.21 bits per heavy atom. The van der Waals surface area contributed by atoms with Crippen LogP contribution in [0.5, 0.6) is 5.75 Å². The highest BCUT2D eigenvalue weighted by Crippen LogP contribution is 2.29. The van der Waals surface area contributed by atoms with E-state index < -0.39 is 24.3 Å². The Labute approximate surface area is 135 Å². The molecule has 0 spiro atoms. The molecule has 0 fully saturated rings. The van der Waals surface area contributed by atoms with Gasteiger partial charge in [-0.2, -0.15) is 17.6 Å². The summed E-state index contributed by atoms with van der Waals surface area (Å²) in [6, 6.07) is 7.74. The second-order valence-electron chi connectivity index (χ2n) is 4.97. The van der Waals surface area contributed by atoms with Gasteiger partial charge in [-0.05, 0) is 36.8 Å². The first-order valence-electron chi connectivity index (χ1n) is 6.95. The molecule has 128 valence electrons. The molecule has 0 saturated heterocycles. The molecule has 1 N–H and O–H groups in total. The van der Waals surface area contributed by atoms with Crippen molar-refractivity contribution in [1.82, 2.24) is 10.3 Å². The molecule has 1 aromatic carbocycles. The van der Waals surface area contributed by atoms with Crippen molar-refractivity contribution in [2.75, 3.05) is 0 Å². The normalized spacial score (nSPS) is 12.8. The molecular weight excluding hydrogens is 328 g/mol. The monoisotopic (exact) mass is 342 g/mol. The maximum absolute atomic E-state index is 12.9. The van der Waals surface area contributed by atoms with Gasteiger partial charge in [0, 0.05) is 18.0 Å². The molecule has 2 aromatic rings. The number of nitrogens with one attached hydrogen (secondary N) is 1. The highest BCUT2D eigenvalue weighted by atomic mass is 19.3. The van der Waals surface area contributed by atoms with E-state index in [1.807, 2.05) is 0 Å².